The molecule has 1 aromatic heterocycles. The summed E-state index contributed by atoms with van der Waals surface area (Å²) < 4.78 is 0. The molecule has 0 aliphatic rings. The molecule has 0 atom stereocenters. The summed E-state index contributed by atoms with van der Waals surface area (Å²) in [5, 5.41) is 0.753. The molecule has 0 aliphatic heterocycles. The van der Waals surface area contributed by atoms with Gasteiger partial charge in [0.25, 0.3) is 0 Å². The lowest BCUT2D eigenvalue weighted by Gasteiger charge is -2.08. The van der Waals surface area contributed by atoms with Crippen LogP contribution in [-0.2, 0) is 6.42 Å². The van der Waals surface area contributed by atoms with Crippen LogP contribution in [0.3, 0.4) is 0 Å². The van der Waals surface area contributed by atoms with Gasteiger partial charge in [0, 0.05) is 22.0 Å². The summed E-state index contributed by atoms with van der Waals surface area (Å²) in [7, 11) is 4.15. The Hall–Kier alpha value is -0.900. The zero-order valence-corrected chi connectivity index (χ0v) is 11.5. The number of rotatable bonds is 4. The number of likely N-dealkylation sites (N-methyl/N-ethyl adjacent to an activating group) is 1. The number of hydrogen-bond donors (Lipinski definition) is 0. The molecule has 1 heterocycles. The highest BCUT2D eigenvalue weighted by Crippen LogP contribution is 2.26. The fourth-order valence-corrected chi connectivity index (χ4v) is 2.39. The summed E-state index contributed by atoms with van der Waals surface area (Å²) in [5.41, 5.74) is 5.12. The molecule has 4 heteroatoms. The average molecular weight is 266 g/mol. The third-order valence-electron chi connectivity index (χ3n) is 2.49. The summed E-state index contributed by atoms with van der Waals surface area (Å²) in [6, 6.07) is 7.80. The lowest BCUT2D eigenvalue weighted by Crippen LogP contribution is -2.14. The Morgan fingerprint density at radius 2 is 2.00 bits per heavy atom. The average Bonchev–Trinajstić information content (AvgIpc) is 2.75. The normalized spacial score (nSPS) is 11.1. The van der Waals surface area contributed by atoms with E-state index in [9.17, 15) is 0 Å². The van der Waals surface area contributed by atoms with E-state index in [0.717, 1.165) is 29.2 Å². The van der Waals surface area contributed by atoms with Crippen LogP contribution in [-0.4, -0.2) is 30.5 Å². The Morgan fingerprint density at radius 1 is 1.29 bits per heavy atom. The van der Waals surface area contributed by atoms with Gasteiger partial charge in [-0.2, -0.15) is 0 Å². The van der Waals surface area contributed by atoms with Crippen LogP contribution in [0.25, 0.3) is 11.3 Å². The first kappa shape index (κ1) is 12.6. The van der Waals surface area contributed by atoms with Crippen LogP contribution >= 0.6 is 22.9 Å². The van der Waals surface area contributed by atoms with E-state index >= 15 is 0 Å². The van der Waals surface area contributed by atoms with E-state index < -0.39 is 0 Å². The van der Waals surface area contributed by atoms with Crippen LogP contribution in [0.1, 0.15) is 4.88 Å². The van der Waals surface area contributed by atoms with E-state index in [1.807, 2.05) is 24.3 Å². The van der Waals surface area contributed by atoms with Crippen LogP contribution < -0.4 is 0 Å². The van der Waals surface area contributed by atoms with Crippen molar-refractivity contribution in [2.75, 3.05) is 20.6 Å². The Labute approximate surface area is 111 Å². The topological polar surface area (TPSA) is 16.1 Å². The first-order chi connectivity index (χ1) is 8.16. The molecule has 2 rings (SSSR count). The maximum absolute atomic E-state index is 5.88. The molecular formula is C13H14ClN2S. The highest BCUT2D eigenvalue weighted by molar-refractivity contribution is 7.09. The fraction of sp³-hybridized carbons (Fsp3) is 0.308. The van der Waals surface area contributed by atoms with Gasteiger partial charge < -0.3 is 4.90 Å². The first-order valence-electron chi connectivity index (χ1n) is 5.43. The molecule has 2 nitrogen and oxygen atoms in total. The summed E-state index contributed by atoms with van der Waals surface area (Å²) in [6.45, 7) is 1.02. The SMILES string of the molecule is CN(C)CCc1s[c]nc1-c1ccc(Cl)cc1. The van der Waals surface area contributed by atoms with Crippen molar-refractivity contribution in [3.05, 3.63) is 39.7 Å². The van der Waals surface area contributed by atoms with E-state index in [4.69, 9.17) is 11.6 Å². The van der Waals surface area contributed by atoms with E-state index in [-0.39, 0.29) is 0 Å². The van der Waals surface area contributed by atoms with Gasteiger partial charge >= 0.3 is 0 Å². The van der Waals surface area contributed by atoms with Gasteiger partial charge in [0.05, 0.1) is 5.69 Å². The van der Waals surface area contributed by atoms with Crippen molar-refractivity contribution in [3.63, 3.8) is 0 Å². The summed E-state index contributed by atoms with van der Waals surface area (Å²) in [4.78, 5) is 7.78. The van der Waals surface area contributed by atoms with Gasteiger partial charge in [-0.1, -0.05) is 23.7 Å². The maximum atomic E-state index is 5.88. The third kappa shape index (κ3) is 3.28. The smallest absolute Gasteiger partial charge is 0.153 e. The molecule has 1 radical (unpaired) electrons. The molecule has 0 amide bonds. The van der Waals surface area contributed by atoms with Crippen LogP contribution in [0, 0.1) is 5.51 Å². The number of hydrogen-bond acceptors (Lipinski definition) is 3. The van der Waals surface area contributed by atoms with Gasteiger partial charge in [-0.25, -0.2) is 4.98 Å². The molecule has 0 bridgehead atoms. The van der Waals surface area contributed by atoms with Gasteiger partial charge in [-0.3, -0.25) is 0 Å². The number of nitrogens with zero attached hydrogens (tertiary/aromatic N) is 2. The molecule has 17 heavy (non-hydrogen) atoms. The number of benzene rings is 1. The molecule has 0 spiro atoms. The van der Waals surface area contributed by atoms with Gasteiger partial charge in [0.15, 0.2) is 5.51 Å². The van der Waals surface area contributed by atoms with Gasteiger partial charge in [0.2, 0.25) is 0 Å². The lowest BCUT2D eigenvalue weighted by molar-refractivity contribution is 0.415. The van der Waals surface area contributed by atoms with Crippen LogP contribution in [0.15, 0.2) is 24.3 Å². The van der Waals surface area contributed by atoms with Crippen molar-refractivity contribution >= 4 is 22.9 Å². The van der Waals surface area contributed by atoms with Crippen LogP contribution in [0.2, 0.25) is 5.02 Å². The number of aromatic nitrogens is 1. The van der Waals surface area contributed by atoms with Gasteiger partial charge in [0.1, 0.15) is 0 Å². The monoisotopic (exact) mass is 265 g/mol. The van der Waals surface area contributed by atoms with Crippen LogP contribution in [0.5, 0.6) is 0 Å². The zero-order chi connectivity index (χ0) is 12.3. The minimum atomic E-state index is 0.753. The van der Waals surface area contributed by atoms with Crippen molar-refractivity contribution in [1.29, 1.82) is 0 Å². The summed E-state index contributed by atoms with van der Waals surface area (Å²) >= 11 is 7.48. The lowest BCUT2D eigenvalue weighted by atomic mass is 10.1. The van der Waals surface area contributed by atoms with E-state index in [2.05, 4.69) is 29.5 Å². The fourth-order valence-electron chi connectivity index (χ4n) is 1.56. The van der Waals surface area contributed by atoms with Crippen molar-refractivity contribution in [1.82, 2.24) is 9.88 Å². The zero-order valence-electron chi connectivity index (χ0n) is 9.90. The highest BCUT2D eigenvalue weighted by Gasteiger charge is 2.09. The minimum Gasteiger partial charge on any atom is -0.309 e. The van der Waals surface area contributed by atoms with Crippen molar-refractivity contribution in [2.24, 2.45) is 0 Å². The Balaban J connectivity index is 2.21. The molecule has 0 saturated heterocycles. The van der Waals surface area contributed by atoms with E-state index in [1.165, 1.54) is 4.88 Å². The molecule has 0 N–H and O–H groups in total. The van der Waals surface area contributed by atoms with Crippen molar-refractivity contribution < 1.29 is 0 Å². The highest BCUT2D eigenvalue weighted by atomic mass is 35.5. The second-order valence-corrected chi connectivity index (χ2v) is 5.45. The van der Waals surface area contributed by atoms with Crippen molar-refractivity contribution in [2.45, 2.75) is 6.42 Å². The molecule has 0 saturated carbocycles. The second kappa shape index (κ2) is 5.63. The van der Waals surface area contributed by atoms with Crippen LogP contribution in [0.4, 0.5) is 0 Å². The molecular weight excluding hydrogens is 252 g/mol. The quantitative estimate of drug-likeness (QED) is 0.843. The predicted molar refractivity (Wildman–Crippen MR) is 73.7 cm³/mol. The first-order valence-corrected chi connectivity index (χ1v) is 6.62. The standard InChI is InChI=1S/C13H14ClN2S/c1-16(2)8-7-12-13(15-9-17-12)10-3-5-11(14)6-4-10/h3-6H,7-8H2,1-2H3. The van der Waals surface area contributed by atoms with Crippen molar-refractivity contribution in [3.8, 4) is 11.3 Å². The molecule has 89 valence electrons. The Bertz CT molecular complexity index is 476. The predicted octanol–water partition coefficient (Wildman–Crippen LogP) is 3.37. The van der Waals surface area contributed by atoms with E-state index in [1.54, 1.807) is 11.3 Å². The summed E-state index contributed by atoms with van der Waals surface area (Å²) in [5.74, 6) is 0. The largest absolute Gasteiger partial charge is 0.309 e. The molecule has 1 aromatic carbocycles. The third-order valence-corrected chi connectivity index (χ3v) is 3.57. The number of thiazole rings is 1. The second-order valence-electron chi connectivity index (χ2n) is 4.14. The van der Waals surface area contributed by atoms with E-state index in [0.29, 0.717) is 0 Å². The minimum absolute atomic E-state index is 0.753. The Kier molecular flexibility index (Phi) is 4.15. The van der Waals surface area contributed by atoms with Gasteiger partial charge in [-0.05, 0) is 32.6 Å². The molecule has 0 fully saturated rings. The molecule has 0 aliphatic carbocycles. The molecule has 0 unspecified atom stereocenters. The molecule has 2 aromatic rings. The number of halogens is 1. The summed E-state index contributed by atoms with van der Waals surface area (Å²) in [6.07, 6.45) is 1.01. The van der Waals surface area contributed by atoms with Gasteiger partial charge in [-0.15, -0.1) is 11.3 Å². The Morgan fingerprint density at radius 3 is 2.65 bits per heavy atom. The maximum Gasteiger partial charge on any atom is 0.153 e.